The van der Waals surface area contributed by atoms with E-state index in [0.717, 1.165) is 61.9 Å². The highest BCUT2D eigenvalue weighted by molar-refractivity contribution is 8.08. The fourth-order valence-electron chi connectivity index (χ4n) is 8.90. The number of hydrogen-bond donors (Lipinski definition) is 0. The van der Waals surface area contributed by atoms with Crippen LogP contribution in [0.15, 0.2) is 69.7 Å². The van der Waals surface area contributed by atoms with Crippen LogP contribution in [0.25, 0.3) is 41.7 Å². The number of unbranched alkanes of at least 4 members (excludes halogenated alkanes) is 2. The van der Waals surface area contributed by atoms with Gasteiger partial charge in [-0.15, -0.1) is 45.8 Å². The molecule has 0 amide bonds. The molecule has 56 heavy (non-hydrogen) atoms. The van der Waals surface area contributed by atoms with Gasteiger partial charge in [-0.05, 0) is 77.8 Å². The Balaban J connectivity index is 1.32. The molecule has 11 heteroatoms. The lowest BCUT2D eigenvalue weighted by atomic mass is 9.65. The molecule has 0 spiro atoms. The van der Waals surface area contributed by atoms with E-state index in [0.29, 0.717) is 11.8 Å². The Morgan fingerprint density at radius 2 is 1.61 bits per heavy atom. The molecule has 7 heterocycles. The lowest BCUT2D eigenvalue weighted by Crippen LogP contribution is -2.31. The molecule has 0 N–H and O–H groups in total. The molecule has 8 rings (SSSR count). The third-order valence-electron chi connectivity index (χ3n) is 11.9. The Labute approximate surface area is 357 Å². The molecule has 5 nitrogen and oxygen atoms in total. The van der Waals surface area contributed by atoms with E-state index in [1.54, 1.807) is 11.3 Å². The normalized spacial score (nSPS) is 19.7. The van der Waals surface area contributed by atoms with Crippen LogP contribution in [-0.4, -0.2) is 37.2 Å². The van der Waals surface area contributed by atoms with Crippen LogP contribution < -0.4 is 0 Å². The average molecular weight is 854 g/mol. The molecule has 5 aromatic rings. The number of hydrogen-bond acceptors (Lipinski definition) is 11. The first-order valence-electron chi connectivity index (χ1n) is 20.3. The Morgan fingerprint density at radius 3 is 2.23 bits per heavy atom. The molecule has 0 radical (unpaired) electrons. The van der Waals surface area contributed by atoms with Crippen LogP contribution in [0.2, 0.25) is 0 Å². The van der Waals surface area contributed by atoms with Crippen LogP contribution in [0, 0.1) is 11.8 Å². The average Bonchev–Trinajstić information content (AvgIpc) is 4.07. The minimum atomic E-state index is -0.0798. The number of fused-ring (bicyclic) bond motifs is 4. The molecular formula is C45H51N5S6. The van der Waals surface area contributed by atoms with Crippen LogP contribution in [0.1, 0.15) is 125 Å². The zero-order valence-corrected chi connectivity index (χ0v) is 38.1. The Morgan fingerprint density at radius 1 is 0.911 bits per heavy atom. The first kappa shape index (κ1) is 40.1. The van der Waals surface area contributed by atoms with Crippen molar-refractivity contribution in [1.29, 1.82) is 0 Å². The van der Waals surface area contributed by atoms with Crippen LogP contribution in [0.3, 0.4) is 0 Å². The maximum Gasteiger partial charge on any atom is 0.132 e. The van der Waals surface area contributed by atoms with E-state index in [-0.39, 0.29) is 5.41 Å². The molecule has 2 unspecified atom stereocenters. The van der Waals surface area contributed by atoms with Gasteiger partial charge < -0.3 is 0 Å². The van der Waals surface area contributed by atoms with E-state index >= 15 is 0 Å². The molecule has 0 bridgehead atoms. The highest BCUT2D eigenvalue weighted by Gasteiger charge is 2.48. The molecule has 0 saturated heterocycles. The Hall–Kier alpha value is -2.67. The molecule has 292 valence electrons. The predicted octanol–water partition coefficient (Wildman–Crippen LogP) is 15.0. The molecule has 0 fully saturated rings. The maximum atomic E-state index is 5.10. The second-order valence-corrected chi connectivity index (χ2v) is 20.6. The summed E-state index contributed by atoms with van der Waals surface area (Å²) in [5.41, 5.74) is 10.9. The van der Waals surface area contributed by atoms with Crippen LogP contribution >= 0.6 is 69.4 Å². The van der Waals surface area contributed by atoms with Crippen molar-refractivity contribution in [2.24, 2.45) is 21.2 Å². The zero-order valence-electron chi connectivity index (χ0n) is 33.2. The maximum absolute atomic E-state index is 5.10. The van der Waals surface area contributed by atoms with Gasteiger partial charge in [-0.1, -0.05) is 97.8 Å². The summed E-state index contributed by atoms with van der Waals surface area (Å²) in [5, 5.41) is 2.10. The zero-order chi connectivity index (χ0) is 38.8. The Kier molecular flexibility index (Phi) is 12.7. The van der Waals surface area contributed by atoms with Gasteiger partial charge in [0.25, 0.3) is 0 Å². The second kappa shape index (κ2) is 17.7. The minimum Gasteiger partial charge on any atom is -0.254 e. The summed E-state index contributed by atoms with van der Waals surface area (Å²) in [6.07, 6.45) is 21.9. The van der Waals surface area contributed by atoms with Crippen LogP contribution in [-0.2, 0) is 5.41 Å². The van der Waals surface area contributed by atoms with E-state index in [1.807, 2.05) is 40.7 Å². The van der Waals surface area contributed by atoms with Gasteiger partial charge in [0.05, 0.1) is 28.0 Å². The number of pyridine rings is 1. The predicted molar refractivity (Wildman–Crippen MR) is 252 cm³/mol. The van der Waals surface area contributed by atoms with Crippen LogP contribution in [0.5, 0.6) is 0 Å². The number of aromatic nitrogens is 3. The lowest BCUT2D eigenvalue weighted by Gasteiger charge is -2.37. The summed E-state index contributed by atoms with van der Waals surface area (Å²) in [7, 11) is 0. The molecular weight excluding hydrogens is 803 g/mol. The third-order valence-corrected chi connectivity index (χ3v) is 17.3. The highest BCUT2D eigenvalue weighted by Crippen LogP contribution is 2.63. The molecule has 5 aromatic heterocycles. The van der Waals surface area contributed by atoms with Gasteiger partial charge in [-0.2, -0.15) is 8.75 Å². The van der Waals surface area contributed by atoms with Crippen LogP contribution in [0.4, 0.5) is 0 Å². The monoisotopic (exact) mass is 853 g/mol. The van der Waals surface area contributed by atoms with Crippen molar-refractivity contribution in [3.63, 3.8) is 0 Å². The Bertz CT molecular complexity index is 2320. The van der Waals surface area contributed by atoms with E-state index in [9.17, 15) is 0 Å². The lowest BCUT2D eigenvalue weighted by molar-refractivity contribution is 0.266. The molecule has 1 aliphatic carbocycles. The summed E-state index contributed by atoms with van der Waals surface area (Å²) in [6.45, 7) is 14.1. The number of thiophene rings is 3. The smallest absolute Gasteiger partial charge is 0.132 e. The van der Waals surface area contributed by atoms with Crippen molar-refractivity contribution in [2.45, 2.75) is 104 Å². The van der Waals surface area contributed by atoms with Crippen molar-refractivity contribution >= 4 is 102 Å². The largest absolute Gasteiger partial charge is 0.254 e. The number of thioether (sulfide) groups is 1. The summed E-state index contributed by atoms with van der Waals surface area (Å²) in [6, 6.07) is 9.32. The van der Waals surface area contributed by atoms with E-state index < -0.39 is 0 Å². The number of nitrogens with zero attached hydrogens (tertiary/aromatic N) is 5. The van der Waals surface area contributed by atoms with E-state index in [1.165, 1.54) is 123 Å². The van der Waals surface area contributed by atoms with Crippen molar-refractivity contribution < 1.29 is 0 Å². The molecule has 3 aliphatic rings. The van der Waals surface area contributed by atoms with Gasteiger partial charge in [0.15, 0.2) is 0 Å². The van der Waals surface area contributed by atoms with Crippen molar-refractivity contribution in [3.05, 3.63) is 86.8 Å². The topological polar surface area (TPSA) is 63.4 Å². The number of allylic oxidation sites excluding steroid dienone is 3. The molecule has 0 aromatic carbocycles. The molecule has 2 aliphatic heterocycles. The van der Waals surface area contributed by atoms with Crippen molar-refractivity contribution in [2.75, 3.05) is 12.0 Å². The van der Waals surface area contributed by atoms with Gasteiger partial charge in [0.2, 0.25) is 0 Å². The van der Waals surface area contributed by atoms with Gasteiger partial charge in [0.1, 0.15) is 16.7 Å². The fourth-order valence-corrected chi connectivity index (χ4v) is 14.3. The highest BCUT2D eigenvalue weighted by atomic mass is 32.2. The van der Waals surface area contributed by atoms with E-state index in [4.69, 9.17) is 23.1 Å². The van der Waals surface area contributed by atoms with Crippen molar-refractivity contribution in [3.8, 4) is 20.2 Å². The SMILES string of the molecule is C=C1C(c2cccs2)=NC=C(c2cc3c(s2)-c2sc(-c4cnc(C5=CCCS5)c5nsnc45)cc2C3(CC(CC)CCCC)CC(CC)CCCC)/C1=N/SC. The third kappa shape index (κ3) is 7.43. The first-order valence-corrected chi connectivity index (χ1v) is 25.7. The molecule has 0 saturated carbocycles. The fraction of sp³-hybridized carbons (Fsp3) is 0.444. The summed E-state index contributed by atoms with van der Waals surface area (Å²) in [5.74, 6) is 2.41. The molecule has 2 atom stereocenters. The number of rotatable bonds is 17. The summed E-state index contributed by atoms with van der Waals surface area (Å²) >= 11 is 10.3. The standard InChI is InChI=1S/C45H51N5S6/c1-7-11-15-28(9-3)23-45(24-29(10-4)16-12-8-2)32-21-36(30-25-46-39(34-17-13-19-52-34)27(5)38(30)48-51-6)54-43(32)44-33(45)22-37(55-44)31-26-47-41(35-18-14-20-53-35)42-40(31)49-56-50-42/h13,17-19,21-22,25-26,28-29H,5,7-12,14-16,20,23-24H2,1-4,6H3/b48-38+. The van der Waals surface area contributed by atoms with Gasteiger partial charge >= 0.3 is 0 Å². The van der Waals surface area contributed by atoms with Gasteiger partial charge in [0, 0.05) is 70.9 Å². The second-order valence-electron chi connectivity index (χ2n) is 15.3. The minimum absolute atomic E-state index is 0.0798. The van der Waals surface area contributed by atoms with Crippen molar-refractivity contribution in [1.82, 2.24) is 13.7 Å². The summed E-state index contributed by atoms with van der Waals surface area (Å²) < 4.78 is 14.8. The van der Waals surface area contributed by atoms with Gasteiger partial charge in [-0.25, -0.2) is 4.40 Å². The summed E-state index contributed by atoms with van der Waals surface area (Å²) in [4.78, 5) is 17.9. The van der Waals surface area contributed by atoms with Gasteiger partial charge in [-0.3, -0.25) is 9.98 Å². The quantitative estimate of drug-likeness (QED) is 0.0872. The van der Waals surface area contributed by atoms with E-state index in [2.05, 4.69) is 82.4 Å². The first-order chi connectivity index (χ1) is 27.4. The number of aliphatic imine (C=N–C) groups is 1.